The highest BCUT2D eigenvalue weighted by atomic mass is 19.1. The smallest absolute Gasteiger partial charge is 0.241 e. The van der Waals surface area contributed by atoms with E-state index in [0.717, 1.165) is 25.3 Å². The average Bonchev–Trinajstić information content (AvgIpc) is 2.44. The van der Waals surface area contributed by atoms with E-state index in [1.54, 1.807) is 17.0 Å². The molecule has 1 N–H and O–H groups in total. The second-order valence-electron chi connectivity index (χ2n) is 5.14. The van der Waals surface area contributed by atoms with Gasteiger partial charge in [-0.1, -0.05) is 0 Å². The number of hydrogen-bond acceptors (Lipinski definition) is 3. The average molecular weight is 279 g/mol. The van der Waals surface area contributed by atoms with E-state index in [1.165, 1.54) is 12.1 Å². The van der Waals surface area contributed by atoms with Crippen LogP contribution in [0.15, 0.2) is 24.3 Å². The molecule has 0 bridgehead atoms. The number of carbonyl (C=O) groups excluding carboxylic acids is 1. The number of carbonyl (C=O) groups is 1. The third-order valence-corrected chi connectivity index (χ3v) is 3.73. The van der Waals surface area contributed by atoms with Crippen LogP contribution in [-0.2, 0) is 4.79 Å². The van der Waals surface area contributed by atoms with Crippen molar-refractivity contribution < 1.29 is 9.18 Å². The normalized spacial score (nSPS) is 19.9. The highest BCUT2D eigenvalue weighted by Gasteiger charge is 2.23. The van der Waals surface area contributed by atoms with Gasteiger partial charge < -0.3 is 10.2 Å². The molecule has 1 aliphatic rings. The molecule has 0 radical (unpaired) electrons. The van der Waals surface area contributed by atoms with Crippen molar-refractivity contribution in [1.29, 1.82) is 0 Å². The minimum absolute atomic E-state index is 0.0628. The van der Waals surface area contributed by atoms with Crippen LogP contribution in [0.2, 0.25) is 0 Å². The van der Waals surface area contributed by atoms with Crippen LogP contribution in [0.1, 0.15) is 13.8 Å². The van der Waals surface area contributed by atoms with Crippen molar-refractivity contribution >= 4 is 11.6 Å². The number of nitrogens with one attached hydrogen (secondary N) is 1. The highest BCUT2D eigenvalue weighted by molar-refractivity contribution is 5.94. The first-order valence-corrected chi connectivity index (χ1v) is 7.12. The van der Waals surface area contributed by atoms with Gasteiger partial charge in [0, 0.05) is 37.9 Å². The molecule has 0 spiro atoms. The molecule has 0 saturated carbocycles. The van der Waals surface area contributed by atoms with Crippen molar-refractivity contribution in [2.45, 2.75) is 19.9 Å². The Morgan fingerprint density at radius 2 is 2.15 bits per heavy atom. The number of amides is 1. The van der Waals surface area contributed by atoms with Gasteiger partial charge in [-0.3, -0.25) is 9.69 Å². The molecule has 110 valence electrons. The fourth-order valence-electron chi connectivity index (χ4n) is 2.50. The van der Waals surface area contributed by atoms with Crippen molar-refractivity contribution in [2.24, 2.45) is 0 Å². The number of benzene rings is 1. The lowest BCUT2D eigenvalue weighted by molar-refractivity contribution is -0.120. The van der Waals surface area contributed by atoms with E-state index in [1.807, 2.05) is 6.92 Å². The van der Waals surface area contributed by atoms with Crippen LogP contribution in [0.5, 0.6) is 0 Å². The third-order valence-electron chi connectivity index (χ3n) is 3.73. The van der Waals surface area contributed by atoms with Gasteiger partial charge in [0.25, 0.3) is 0 Å². The second kappa shape index (κ2) is 6.81. The minimum atomic E-state index is -0.284. The lowest BCUT2D eigenvalue weighted by Gasteiger charge is -2.34. The lowest BCUT2D eigenvalue weighted by Crippen LogP contribution is -2.53. The molecule has 1 heterocycles. The van der Waals surface area contributed by atoms with Gasteiger partial charge in [0.05, 0.1) is 6.54 Å². The molecule has 2 rings (SSSR count). The predicted molar refractivity (Wildman–Crippen MR) is 78.3 cm³/mol. The summed E-state index contributed by atoms with van der Waals surface area (Å²) >= 11 is 0. The summed E-state index contributed by atoms with van der Waals surface area (Å²) in [5, 5.41) is 3.31. The minimum Gasteiger partial charge on any atom is -0.314 e. The lowest BCUT2D eigenvalue weighted by atomic mass is 10.2. The van der Waals surface area contributed by atoms with Gasteiger partial charge >= 0.3 is 0 Å². The second-order valence-corrected chi connectivity index (χ2v) is 5.14. The number of nitrogens with zero attached hydrogens (tertiary/aromatic N) is 2. The van der Waals surface area contributed by atoms with Crippen LogP contribution < -0.4 is 10.2 Å². The third kappa shape index (κ3) is 3.55. The zero-order chi connectivity index (χ0) is 14.5. The van der Waals surface area contributed by atoms with Crippen LogP contribution in [0.25, 0.3) is 0 Å². The van der Waals surface area contributed by atoms with Crippen molar-refractivity contribution in [2.75, 3.05) is 37.6 Å². The Balaban J connectivity index is 2.03. The monoisotopic (exact) mass is 279 g/mol. The van der Waals surface area contributed by atoms with Gasteiger partial charge in [0.2, 0.25) is 5.91 Å². The molecular weight excluding hydrogens is 257 g/mol. The van der Waals surface area contributed by atoms with Crippen LogP contribution in [-0.4, -0.2) is 49.6 Å². The molecule has 1 aromatic carbocycles. The molecule has 1 atom stereocenters. The van der Waals surface area contributed by atoms with Crippen LogP contribution >= 0.6 is 0 Å². The zero-order valence-corrected chi connectivity index (χ0v) is 12.1. The number of hydrogen-bond donors (Lipinski definition) is 1. The maximum Gasteiger partial charge on any atom is 0.241 e. The standard InChI is InChI=1S/C15H22FN3O/c1-3-19(14-6-4-13(16)5-7-14)15(20)11-18-9-8-17-10-12(18)2/h4-7,12,17H,3,8-11H2,1-2H3/t12-/m1/s1. The molecule has 1 amide bonds. The van der Waals surface area contributed by atoms with E-state index in [9.17, 15) is 9.18 Å². The molecule has 1 fully saturated rings. The first-order chi connectivity index (χ1) is 9.61. The van der Waals surface area contributed by atoms with E-state index in [4.69, 9.17) is 0 Å². The number of piperazine rings is 1. The predicted octanol–water partition coefficient (Wildman–Crippen LogP) is 1.47. The molecule has 1 aromatic rings. The molecular formula is C15H22FN3O. The molecule has 5 heteroatoms. The molecule has 4 nitrogen and oxygen atoms in total. The van der Waals surface area contributed by atoms with Crippen LogP contribution in [0.3, 0.4) is 0 Å². The summed E-state index contributed by atoms with van der Waals surface area (Å²) in [5.74, 6) is -0.221. The summed E-state index contributed by atoms with van der Waals surface area (Å²) in [6.45, 7) is 7.76. The number of rotatable bonds is 4. The summed E-state index contributed by atoms with van der Waals surface area (Å²) in [6, 6.07) is 6.44. The van der Waals surface area contributed by atoms with Crippen LogP contribution in [0.4, 0.5) is 10.1 Å². The number of halogens is 1. The van der Waals surface area contributed by atoms with Crippen molar-refractivity contribution in [3.05, 3.63) is 30.1 Å². The van der Waals surface area contributed by atoms with Gasteiger partial charge in [-0.05, 0) is 38.1 Å². The van der Waals surface area contributed by atoms with E-state index < -0.39 is 0 Å². The molecule has 1 saturated heterocycles. The Bertz CT molecular complexity index is 449. The largest absolute Gasteiger partial charge is 0.314 e. The van der Waals surface area contributed by atoms with E-state index in [-0.39, 0.29) is 11.7 Å². The Morgan fingerprint density at radius 3 is 2.75 bits per heavy atom. The van der Waals surface area contributed by atoms with Gasteiger partial charge in [0.1, 0.15) is 5.82 Å². The highest BCUT2D eigenvalue weighted by Crippen LogP contribution is 2.15. The van der Waals surface area contributed by atoms with E-state index >= 15 is 0 Å². The Hall–Kier alpha value is -1.46. The van der Waals surface area contributed by atoms with Gasteiger partial charge in [-0.2, -0.15) is 0 Å². The number of likely N-dealkylation sites (N-methyl/N-ethyl adjacent to an activating group) is 1. The summed E-state index contributed by atoms with van der Waals surface area (Å²) in [4.78, 5) is 16.3. The Morgan fingerprint density at radius 1 is 1.45 bits per heavy atom. The van der Waals surface area contributed by atoms with Crippen molar-refractivity contribution in [3.63, 3.8) is 0 Å². The fraction of sp³-hybridized carbons (Fsp3) is 0.533. The van der Waals surface area contributed by atoms with Crippen molar-refractivity contribution in [1.82, 2.24) is 10.2 Å². The fourth-order valence-corrected chi connectivity index (χ4v) is 2.50. The maximum absolute atomic E-state index is 13.0. The summed E-state index contributed by atoms with van der Waals surface area (Å²) in [5.41, 5.74) is 0.752. The van der Waals surface area contributed by atoms with Crippen molar-refractivity contribution in [3.8, 4) is 0 Å². The Kier molecular flexibility index (Phi) is 5.09. The van der Waals surface area contributed by atoms with Gasteiger partial charge in [-0.15, -0.1) is 0 Å². The summed E-state index contributed by atoms with van der Waals surface area (Å²) < 4.78 is 13.0. The SMILES string of the molecule is CCN(C(=O)CN1CCNC[C@H]1C)c1ccc(F)cc1. The summed E-state index contributed by atoms with van der Waals surface area (Å²) in [7, 11) is 0. The summed E-state index contributed by atoms with van der Waals surface area (Å²) in [6.07, 6.45) is 0. The van der Waals surface area contributed by atoms with Gasteiger partial charge in [0.15, 0.2) is 0 Å². The zero-order valence-electron chi connectivity index (χ0n) is 12.1. The topological polar surface area (TPSA) is 35.6 Å². The Labute approximate surface area is 119 Å². The number of anilines is 1. The first kappa shape index (κ1) is 14.9. The maximum atomic E-state index is 13.0. The quantitative estimate of drug-likeness (QED) is 0.906. The molecule has 0 aliphatic carbocycles. The van der Waals surface area contributed by atoms with Gasteiger partial charge in [-0.25, -0.2) is 4.39 Å². The molecule has 20 heavy (non-hydrogen) atoms. The van der Waals surface area contributed by atoms with E-state index in [0.29, 0.717) is 19.1 Å². The molecule has 0 unspecified atom stereocenters. The molecule has 1 aliphatic heterocycles. The molecule has 0 aromatic heterocycles. The van der Waals surface area contributed by atoms with Crippen LogP contribution in [0, 0.1) is 5.82 Å². The first-order valence-electron chi connectivity index (χ1n) is 7.12. The van der Waals surface area contributed by atoms with E-state index in [2.05, 4.69) is 17.1 Å².